The van der Waals surface area contributed by atoms with Crippen molar-refractivity contribution in [3.8, 4) is 0 Å². The van der Waals surface area contributed by atoms with Crippen LogP contribution in [-0.4, -0.2) is 45.2 Å². The van der Waals surface area contributed by atoms with Crippen LogP contribution in [0.2, 0.25) is 0 Å². The summed E-state index contributed by atoms with van der Waals surface area (Å²) in [5.41, 5.74) is 4.74. The molecule has 0 aromatic carbocycles. The number of amides is 1. The topological polar surface area (TPSA) is 105 Å². The largest absolute Gasteiger partial charge is 0.444 e. The van der Waals surface area contributed by atoms with Crippen molar-refractivity contribution in [2.75, 3.05) is 0 Å². The van der Waals surface area contributed by atoms with Gasteiger partial charge in [-0.05, 0) is 60.3 Å². The molecule has 0 unspecified atom stereocenters. The quantitative estimate of drug-likeness (QED) is 0.582. The Bertz CT molecular complexity index is 368. The molecule has 0 bridgehead atoms. The minimum Gasteiger partial charge on any atom is -0.444 e. The van der Waals surface area contributed by atoms with E-state index < -0.39 is 11.7 Å². The van der Waals surface area contributed by atoms with E-state index in [4.69, 9.17) is 20.7 Å². The van der Waals surface area contributed by atoms with Crippen LogP contribution >= 0.6 is 12.4 Å². The van der Waals surface area contributed by atoms with Crippen LogP contribution < -0.4 is 11.1 Å². The maximum absolute atomic E-state index is 11.4. The number of nitrogens with one attached hydrogen (secondary N) is 1. The summed E-state index contributed by atoms with van der Waals surface area (Å²) >= 11 is 0. The van der Waals surface area contributed by atoms with Gasteiger partial charge in [-0.15, -0.1) is 12.4 Å². The maximum Gasteiger partial charge on any atom is 0.408 e. The fourth-order valence-electron chi connectivity index (χ4n) is 2.65. The first kappa shape index (κ1) is 21.4. The Morgan fingerprint density at radius 3 is 1.77 bits per heavy atom. The molecule has 0 aromatic heterocycles. The average molecular weight is 339 g/mol. The molecule has 2 saturated carbocycles. The molecule has 0 aromatic rings. The van der Waals surface area contributed by atoms with Gasteiger partial charge >= 0.3 is 6.09 Å². The summed E-state index contributed by atoms with van der Waals surface area (Å²) in [4.78, 5) is 11.4. The van der Waals surface area contributed by atoms with Gasteiger partial charge in [0.2, 0.25) is 0 Å². The van der Waals surface area contributed by atoms with Crippen LogP contribution in [0.4, 0.5) is 4.79 Å². The Morgan fingerprint density at radius 2 is 1.55 bits per heavy atom. The number of carbonyl (C=O) groups is 1. The third-order valence-corrected chi connectivity index (χ3v) is 3.58. The Kier molecular flexibility index (Phi) is 7.15. The van der Waals surface area contributed by atoms with E-state index in [1.807, 2.05) is 34.6 Å². The average Bonchev–Trinajstić information content (AvgIpc) is 2.08. The predicted octanol–water partition coefficient (Wildman–Crippen LogP) is 1.70. The summed E-state index contributed by atoms with van der Waals surface area (Å²) in [6.45, 7) is 9.34. The lowest BCUT2D eigenvalue weighted by Gasteiger charge is -2.43. The fraction of sp³-hybridized carbons (Fsp3) is 0.933. The number of alkyl carbamates (subject to hydrolysis) is 1. The van der Waals surface area contributed by atoms with Gasteiger partial charge < -0.3 is 26.0 Å². The van der Waals surface area contributed by atoms with Gasteiger partial charge in [-0.2, -0.15) is 0 Å². The van der Waals surface area contributed by atoms with Crippen LogP contribution in [0.3, 0.4) is 0 Å². The van der Waals surface area contributed by atoms with Crippen molar-refractivity contribution in [3.63, 3.8) is 0 Å². The zero-order valence-electron chi connectivity index (χ0n) is 14.2. The second-order valence-corrected chi connectivity index (χ2v) is 7.97. The summed E-state index contributed by atoms with van der Waals surface area (Å²) in [7, 11) is 0. The van der Waals surface area contributed by atoms with Crippen LogP contribution in [0.25, 0.3) is 0 Å². The summed E-state index contributed by atoms with van der Waals surface area (Å²) in [5.74, 6) is 0. The first-order chi connectivity index (χ1) is 9.30. The molecule has 0 saturated heterocycles. The number of ether oxygens (including phenoxy) is 1. The van der Waals surface area contributed by atoms with Gasteiger partial charge in [0.1, 0.15) is 5.60 Å². The van der Waals surface area contributed by atoms with Crippen molar-refractivity contribution in [2.45, 2.75) is 89.2 Å². The smallest absolute Gasteiger partial charge is 0.408 e. The third kappa shape index (κ3) is 7.63. The maximum atomic E-state index is 11.4. The minimum absolute atomic E-state index is 0. The third-order valence-electron chi connectivity index (χ3n) is 3.58. The van der Waals surface area contributed by atoms with Crippen LogP contribution in [0.1, 0.15) is 60.3 Å². The Labute approximate surface area is 139 Å². The molecule has 2 aliphatic carbocycles. The van der Waals surface area contributed by atoms with Crippen LogP contribution in [0.5, 0.6) is 0 Å². The van der Waals surface area contributed by atoms with Crippen LogP contribution in [0.15, 0.2) is 0 Å². The molecule has 6 nitrogen and oxygen atoms in total. The highest BCUT2D eigenvalue weighted by Gasteiger charge is 2.41. The van der Waals surface area contributed by atoms with Crippen molar-refractivity contribution < 1.29 is 19.7 Å². The predicted molar refractivity (Wildman–Crippen MR) is 88.1 cm³/mol. The van der Waals surface area contributed by atoms with Gasteiger partial charge in [-0.3, -0.25) is 0 Å². The number of aliphatic hydroxyl groups is 2. The number of hydrogen-bond acceptors (Lipinski definition) is 5. The van der Waals surface area contributed by atoms with Gasteiger partial charge in [0, 0.05) is 11.1 Å². The Hall–Kier alpha value is -0.560. The Morgan fingerprint density at radius 1 is 1.14 bits per heavy atom. The van der Waals surface area contributed by atoms with Gasteiger partial charge in [0.05, 0.1) is 12.2 Å². The molecule has 132 valence electrons. The van der Waals surface area contributed by atoms with Crippen molar-refractivity contribution in [2.24, 2.45) is 5.73 Å². The molecule has 0 atom stereocenters. The van der Waals surface area contributed by atoms with Crippen molar-refractivity contribution in [1.82, 2.24) is 5.32 Å². The van der Waals surface area contributed by atoms with E-state index >= 15 is 0 Å². The lowest BCUT2D eigenvalue weighted by atomic mass is 9.76. The zero-order valence-corrected chi connectivity index (χ0v) is 15.0. The molecule has 2 fully saturated rings. The summed E-state index contributed by atoms with van der Waals surface area (Å²) in [5, 5.41) is 20.6. The van der Waals surface area contributed by atoms with Crippen molar-refractivity contribution in [1.29, 1.82) is 0 Å². The van der Waals surface area contributed by atoms with Crippen LogP contribution in [0, 0.1) is 0 Å². The molecule has 0 heterocycles. The van der Waals surface area contributed by atoms with E-state index in [1.165, 1.54) is 0 Å². The van der Waals surface area contributed by atoms with Gasteiger partial charge in [-0.25, -0.2) is 4.79 Å². The van der Waals surface area contributed by atoms with E-state index in [0.29, 0.717) is 12.8 Å². The molecule has 7 heteroatoms. The molecule has 0 radical (unpaired) electrons. The molecule has 2 rings (SSSR count). The molecule has 0 spiro atoms. The minimum atomic E-state index is -0.469. The standard InChI is InChI=1S/C10H19NO3.C5H11NO.ClH/c1-9(2,3)14-8(13)11-10(4)5-7(12)6-10;1-5(6)2-4(7)3-5;/h7,12H,5-6H2,1-4H3,(H,11,13);4,7H,2-3,6H2,1H3;1H. The van der Waals surface area contributed by atoms with Crippen molar-refractivity contribution in [3.05, 3.63) is 0 Å². The number of aliphatic hydroxyl groups excluding tert-OH is 2. The molecule has 0 aliphatic heterocycles. The van der Waals surface area contributed by atoms with E-state index in [9.17, 15) is 4.79 Å². The lowest BCUT2D eigenvalue weighted by molar-refractivity contribution is -0.00217. The lowest BCUT2D eigenvalue weighted by Crippen LogP contribution is -2.57. The highest BCUT2D eigenvalue weighted by molar-refractivity contribution is 5.85. The summed E-state index contributed by atoms with van der Waals surface area (Å²) in [6, 6.07) is 0. The normalized spacial score (nSPS) is 36.5. The number of hydrogen-bond donors (Lipinski definition) is 4. The first-order valence-corrected chi connectivity index (χ1v) is 7.46. The van der Waals surface area contributed by atoms with Crippen molar-refractivity contribution >= 4 is 18.5 Å². The second kappa shape index (κ2) is 7.34. The summed E-state index contributed by atoms with van der Waals surface area (Å²) < 4.78 is 5.11. The fourth-order valence-corrected chi connectivity index (χ4v) is 2.65. The zero-order chi connectivity index (χ0) is 16.5. The molecule has 5 N–H and O–H groups in total. The van der Waals surface area contributed by atoms with E-state index in [1.54, 1.807) is 0 Å². The highest BCUT2D eigenvalue weighted by atomic mass is 35.5. The van der Waals surface area contributed by atoms with Gasteiger partial charge in [-0.1, -0.05) is 0 Å². The number of halogens is 1. The van der Waals surface area contributed by atoms with E-state index in [0.717, 1.165) is 12.8 Å². The van der Waals surface area contributed by atoms with Crippen LogP contribution in [-0.2, 0) is 4.74 Å². The second-order valence-electron chi connectivity index (χ2n) is 7.97. The number of rotatable bonds is 1. The van der Waals surface area contributed by atoms with Gasteiger partial charge in [0.15, 0.2) is 0 Å². The molecule has 2 aliphatic rings. The molecule has 22 heavy (non-hydrogen) atoms. The molecular weight excluding hydrogens is 308 g/mol. The number of carbonyl (C=O) groups excluding carboxylic acids is 1. The SMILES string of the molecule is CC1(N)CC(O)C1.CC1(NC(=O)OC(C)(C)C)CC(O)C1.Cl. The van der Waals surface area contributed by atoms with E-state index in [-0.39, 0.29) is 35.7 Å². The summed E-state index contributed by atoms with van der Waals surface area (Å²) in [6.07, 6.45) is 1.94. The Balaban J connectivity index is 0.000000465. The molecular formula is C15H31ClN2O4. The van der Waals surface area contributed by atoms with Gasteiger partial charge in [0.25, 0.3) is 0 Å². The monoisotopic (exact) mass is 338 g/mol. The number of nitrogens with two attached hydrogens (primary N) is 1. The van der Waals surface area contributed by atoms with E-state index in [2.05, 4.69) is 5.32 Å². The highest BCUT2D eigenvalue weighted by Crippen LogP contribution is 2.31. The first-order valence-electron chi connectivity index (χ1n) is 7.46. The molecule has 1 amide bonds.